The first-order chi connectivity index (χ1) is 12.2. The van der Waals surface area contributed by atoms with Crippen molar-refractivity contribution in [2.45, 2.75) is 37.5 Å². The molecule has 1 N–H and O–H groups in total. The van der Waals surface area contributed by atoms with E-state index in [0.717, 1.165) is 19.3 Å². The molecule has 138 valence electrons. The summed E-state index contributed by atoms with van der Waals surface area (Å²) >= 11 is 0. The minimum absolute atomic E-state index is 0.0493. The van der Waals surface area contributed by atoms with Gasteiger partial charge in [0.2, 0.25) is 5.75 Å². The summed E-state index contributed by atoms with van der Waals surface area (Å²) in [6.45, 7) is 1.27. The largest absolute Gasteiger partial charge is 0.493 e. The summed E-state index contributed by atoms with van der Waals surface area (Å²) in [7, 11) is 4.57. The minimum Gasteiger partial charge on any atom is -0.493 e. The Hall–Kier alpha value is -1.99. The Morgan fingerprint density at radius 2 is 1.72 bits per heavy atom. The van der Waals surface area contributed by atoms with E-state index in [0.29, 0.717) is 36.0 Å². The molecule has 1 aromatic rings. The van der Waals surface area contributed by atoms with Gasteiger partial charge in [0.05, 0.1) is 52.3 Å². The Labute approximate surface area is 147 Å². The molecule has 2 fully saturated rings. The highest BCUT2D eigenvalue weighted by molar-refractivity contribution is 5.98. The van der Waals surface area contributed by atoms with Crippen LogP contribution in [0.1, 0.15) is 29.6 Å². The lowest BCUT2D eigenvalue weighted by Crippen LogP contribution is -2.49. The molecule has 0 spiro atoms. The van der Waals surface area contributed by atoms with Gasteiger partial charge < -0.3 is 29.0 Å². The Kier molecular flexibility index (Phi) is 5.65. The third kappa shape index (κ3) is 3.67. The van der Waals surface area contributed by atoms with Crippen molar-refractivity contribution in [3.63, 3.8) is 0 Å². The Bertz CT molecular complexity index is 620. The SMILES string of the molecule is COc1ccc(C(=O)NC2CCC3OCCOC3C2)c(OC)c1OC. The van der Waals surface area contributed by atoms with Crippen LogP contribution in [0, 0.1) is 0 Å². The maximum absolute atomic E-state index is 12.8. The molecule has 1 aromatic carbocycles. The lowest BCUT2D eigenvalue weighted by atomic mass is 9.89. The van der Waals surface area contributed by atoms with Crippen LogP contribution in [0.15, 0.2) is 12.1 Å². The number of benzene rings is 1. The summed E-state index contributed by atoms with van der Waals surface area (Å²) in [5.41, 5.74) is 0.420. The highest BCUT2D eigenvalue weighted by atomic mass is 16.6. The minimum atomic E-state index is -0.196. The summed E-state index contributed by atoms with van der Waals surface area (Å²) in [5, 5.41) is 3.08. The molecule has 3 rings (SSSR count). The smallest absolute Gasteiger partial charge is 0.255 e. The number of fused-ring (bicyclic) bond motifs is 1. The molecule has 0 radical (unpaired) electrons. The predicted molar refractivity (Wildman–Crippen MR) is 90.7 cm³/mol. The van der Waals surface area contributed by atoms with Crippen molar-refractivity contribution in [3.05, 3.63) is 17.7 Å². The van der Waals surface area contributed by atoms with Gasteiger partial charge in [0.15, 0.2) is 11.5 Å². The summed E-state index contributed by atoms with van der Waals surface area (Å²) in [6.07, 6.45) is 2.72. The molecule has 1 saturated carbocycles. The van der Waals surface area contributed by atoms with E-state index in [1.54, 1.807) is 19.2 Å². The van der Waals surface area contributed by atoms with E-state index in [2.05, 4.69) is 5.32 Å². The fraction of sp³-hybridized carbons (Fsp3) is 0.611. The quantitative estimate of drug-likeness (QED) is 0.872. The number of ether oxygens (including phenoxy) is 5. The Morgan fingerprint density at radius 1 is 1.00 bits per heavy atom. The van der Waals surface area contributed by atoms with E-state index in [9.17, 15) is 4.79 Å². The zero-order valence-corrected chi connectivity index (χ0v) is 14.9. The second kappa shape index (κ2) is 7.93. The number of methoxy groups -OCH3 is 3. The van der Waals surface area contributed by atoms with Gasteiger partial charge in [0.25, 0.3) is 5.91 Å². The Balaban J connectivity index is 1.73. The Morgan fingerprint density at radius 3 is 2.40 bits per heavy atom. The maximum atomic E-state index is 12.8. The van der Waals surface area contributed by atoms with Gasteiger partial charge in [0, 0.05) is 6.04 Å². The normalized spacial score (nSPS) is 25.6. The second-order valence-electron chi connectivity index (χ2n) is 6.18. The number of rotatable bonds is 5. The number of carbonyl (C=O) groups is 1. The lowest BCUT2D eigenvalue weighted by molar-refractivity contribution is -0.157. The van der Waals surface area contributed by atoms with E-state index < -0.39 is 0 Å². The average molecular weight is 351 g/mol. The van der Waals surface area contributed by atoms with Gasteiger partial charge in [0.1, 0.15) is 0 Å². The van der Waals surface area contributed by atoms with Crippen molar-refractivity contribution < 1.29 is 28.5 Å². The van der Waals surface area contributed by atoms with Crippen LogP contribution in [0.4, 0.5) is 0 Å². The zero-order chi connectivity index (χ0) is 17.8. The van der Waals surface area contributed by atoms with Crippen molar-refractivity contribution in [2.24, 2.45) is 0 Å². The van der Waals surface area contributed by atoms with Gasteiger partial charge in [-0.3, -0.25) is 4.79 Å². The standard InChI is InChI=1S/C18H25NO6/c1-21-14-7-5-12(16(22-2)17(14)23-3)18(20)19-11-4-6-13-15(10-11)25-9-8-24-13/h5,7,11,13,15H,4,6,8-10H2,1-3H3,(H,19,20). The monoisotopic (exact) mass is 351 g/mol. The molecular weight excluding hydrogens is 326 g/mol. The topological polar surface area (TPSA) is 75.3 Å². The maximum Gasteiger partial charge on any atom is 0.255 e. The van der Waals surface area contributed by atoms with Crippen LogP contribution in [0.2, 0.25) is 0 Å². The third-order valence-corrected chi connectivity index (χ3v) is 4.76. The summed E-state index contributed by atoms with van der Waals surface area (Å²) in [5.74, 6) is 1.10. The van der Waals surface area contributed by atoms with Crippen LogP contribution in [0.3, 0.4) is 0 Å². The van der Waals surface area contributed by atoms with Crippen molar-refractivity contribution >= 4 is 5.91 Å². The van der Waals surface area contributed by atoms with E-state index in [-0.39, 0.29) is 24.2 Å². The molecule has 2 aliphatic rings. The third-order valence-electron chi connectivity index (χ3n) is 4.76. The molecule has 1 heterocycles. The molecule has 7 heteroatoms. The molecule has 1 aliphatic carbocycles. The van der Waals surface area contributed by atoms with Crippen molar-refractivity contribution in [1.29, 1.82) is 0 Å². The van der Waals surface area contributed by atoms with E-state index in [4.69, 9.17) is 23.7 Å². The van der Waals surface area contributed by atoms with Crippen LogP contribution in [0.5, 0.6) is 17.2 Å². The molecule has 3 unspecified atom stereocenters. The first-order valence-corrected chi connectivity index (χ1v) is 8.51. The van der Waals surface area contributed by atoms with Gasteiger partial charge >= 0.3 is 0 Å². The average Bonchev–Trinajstić information content (AvgIpc) is 2.66. The van der Waals surface area contributed by atoms with Crippen LogP contribution in [-0.2, 0) is 9.47 Å². The van der Waals surface area contributed by atoms with Crippen molar-refractivity contribution in [1.82, 2.24) is 5.32 Å². The van der Waals surface area contributed by atoms with Crippen LogP contribution in [-0.4, -0.2) is 58.7 Å². The number of hydrogen-bond donors (Lipinski definition) is 1. The van der Waals surface area contributed by atoms with Crippen LogP contribution in [0.25, 0.3) is 0 Å². The van der Waals surface area contributed by atoms with Gasteiger partial charge in [-0.1, -0.05) is 0 Å². The molecule has 3 atom stereocenters. The van der Waals surface area contributed by atoms with Gasteiger partial charge in [-0.25, -0.2) is 0 Å². The molecular formula is C18H25NO6. The van der Waals surface area contributed by atoms with E-state index in [1.807, 2.05) is 0 Å². The fourth-order valence-electron chi connectivity index (χ4n) is 3.54. The predicted octanol–water partition coefficient (Wildman–Crippen LogP) is 1.78. The summed E-state index contributed by atoms with van der Waals surface area (Å²) in [6, 6.07) is 3.43. The highest BCUT2D eigenvalue weighted by Crippen LogP contribution is 2.39. The molecule has 0 bridgehead atoms. The highest BCUT2D eigenvalue weighted by Gasteiger charge is 2.35. The zero-order valence-electron chi connectivity index (χ0n) is 14.9. The van der Waals surface area contributed by atoms with Crippen LogP contribution < -0.4 is 19.5 Å². The molecule has 25 heavy (non-hydrogen) atoms. The molecule has 1 amide bonds. The van der Waals surface area contributed by atoms with E-state index in [1.165, 1.54) is 14.2 Å². The van der Waals surface area contributed by atoms with Gasteiger partial charge in [-0.05, 0) is 31.4 Å². The number of hydrogen-bond acceptors (Lipinski definition) is 6. The van der Waals surface area contributed by atoms with Crippen molar-refractivity contribution in [3.8, 4) is 17.2 Å². The van der Waals surface area contributed by atoms with Gasteiger partial charge in [-0.15, -0.1) is 0 Å². The van der Waals surface area contributed by atoms with Crippen molar-refractivity contribution in [2.75, 3.05) is 34.5 Å². The molecule has 0 aromatic heterocycles. The first-order valence-electron chi connectivity index (χ1n) is 8.51. The number of carbonyl (C=O) groups excluding carboxylic acids is 1. The summed E-state index contributed by atoms with van der Waals surface area (Å²) in [4.78, 5) is 12.8. The second-order valence-corrected chi connectivity index (χ2v) is 6.18. The number of nitrogens with one attached hydrogen (secondary N) is 1. The fourth-order valence-corrected chi connectivity index (χ4v) is 3.54. The van der Waals surface area contributed by atoms with E-state index >= 15 is 0 Å². The van der Waals surface area contributed by atoms with Crippen LogP contribution >= 0.6 is 0 Å². The number of amides is 1. The van der Waals surface area contributed by atoms with Gasteiger partial charge in [-0.2, -0.15) is 0 Å². The molecule has 1 saturated heterocycles. The first kappa shape index (κ1) is 17.8. The summed E-state index contributed by atoms with van der Waals surface area (Å²) < 4.78 is 27.5. The molecule has 7 nitrogen and oxygen atoms in total. The lowest BCUT2D eigenvalue weighted by Gasteiger charge is -2.39. The molecule has 1 aliphatic heterocycles.